The molecule has 0 atom stereocenters. The molecule has 0 aliphatic rings. The topological polar surface area (TPSA) is 51.8 Å². The summed E-state index contributed by atoms with van der Waals surface area (Å²) in [7, 11) is 0. The molecule has 0 fully saturated rings. The second-order valence-electron chi connectivity index (χ2n) is 2.83. The third kappa shape index (κ3) is 1.33. The van der Waals surface area contributed by atoms with Gasteiger partial charge >= 0.3 is 0 Å². The molecule has 0 spiro atoms. The minimum atomic E-state index is 0.494. The summed E-state index contributed by atoms with van der Waals surface area (Å²) < 4.78 is 0. The lowest BCUT2D eigenvalue weighted by Crippen LogP contribution is -1.97. The molecule has 13 heavy (non-hydrogen) atoms. The molecule has 1 heterocycles. The fourth-order valence-electron chi connectivity index (χ4n) is 1.31. The summed E-state index contributed by atoms with van der Waals surface area (Å²) in [6, 6.07) is 5.68. The summed E-state index contributed by atoms with van der Waals surface area (Å²) >= 11 is 4.29. The number of rotatable bonds is 0. The van der Waals surface area contributed by atoms with Crippen LogP contribution in [-0.4, -0.2) is 9.97 Å². The number of nitrogen functional groups attached to an aromatic ring is 1. The smallest absolute Gasteiger partial charge is 0.136 e. The number of fused-ring (bicyclic) bond motifs is 1. The van der Waals surface area contributed by atoms with E-state index in [1.165, 1.54) is 0 Å². The van der Waals surface area contributed by atoms with Crippen molar-refractivity contribution < 1.29 is 0 Å². The molecule has 4 heteroatoms. The highest BCUT2D eigenvalue weighted by molar-refractivity contribution is 7.80. The van der Waals surface area contributed by atoms with E-state index in [4.69, 9.17) is 5.73 Å². The molecule has 0 saturated carbocycles. The van der Waals surface area contributed by atoms with Gasteiger partial charge in [0.1, 0.15) is 11.6 Å². The Bertz CT molecular complexity index is 468. The van der Waals surface area contributed by atoms with Gasteiger partial charge in [0.15, 0.2) is 0 Å². The van der Waals surface area contributed by atoms with Crippen molar-refractivity contribution in [1.82, 2.24) is 9.97 Å². The lowest BCUT2D eigenvalue weighted by Gasteiger charge is -2.03. The number of nitrogens with zero attached hydrogens (tertiary/aromatic N) is 2. The summed E-state index contributed by atoms with van der Waals surface area (Å²) in [5.41, 5.74) is 6.60. The Hall–Kier alpha value is -1.29. The summed E-state index contributed by atoms with van der Waals surface area (Å²) in [5.74, 6) is 1.18. The van der Waals surface area contributed by atoms with Crippen molar-refractivity contribution in [3.63, 3.8) is 0 Å². The van der Waals surface area contributed by atoms with E-state index in [-0.39, 0.29) is 0 Å². The number of hydrogen-bond donors (Lipinski definition) is 2. The van der Waals surface area contributed by atoms with Gasteiger partial charge in [-0.2, -0.15) is 0 Å². The van der Waals surface area contributed by atoms with Gasteiger partial charge in [0.05, 0.1) is 10.9 Å². The van der Waals surface area contributed by atoms with E-state index in [1.807, 2.05) is 25.1 Å². The maximum Gasteiger partial charge on any atom is 0.136 e. The number of anilines is 1. The van der Waals surface area contributed by atoms with Gasteiger partial charge in [-0.15, -0.1) is 12.6 Å². The molecule has 2 N–H and O–H groups in total. The molecule has 0 unspecified atom stereocenters. The van der Waals surface area contributed by atoms with E-state index in [9.17, 15) is 0 Å². The van der Waals surface area contributed by atoms with Crippen molar-refractivity contribution >= 4 is 29.3 Å². The van der Waals surface area contributed by atoms with E-state index < -0.39 is 0 Å². The van der Waals surface area contributed by atoms with Crippen molar-refractivity contribution in [3.8, 4) is 0 Å². The van der Waals surface area contributed by atoms with Crippen molar-refractivity contribution in [2.24, 2.45) is 0 Å². The van der Waals surface area contributed by atoms with Gasteiger partial charge in [0.25, 0.3) is 0 Å². The molecule has 2 rings (SSSR count). The Balaban J connectivity index is 2.94. The Morgan fingerprint density at radius 3 is 2.85 bits per heavy atom. The molecule has 2 aromatic rings. The maximum atomic E-state index is 5.76. The van der Waals surface area contributed by atoms with Crippen molar-refractivity contribution in [2.75, 3.05) is 5.73 Å². The molecule has 0 bridgehead atoms. The van der Waals surface area contributed by atoms with Crippen molar-refractivity contribution in [1.29, 1.82) is 0 Å². The van der Waals surface area contributed by atoms with Crippen LogP contribution in [0.1, 0.15) is 5.82 Å². The van der Waals surface area contributed by atoms with Crippen LogP contribution in [0.5, 0.6) is 0 Å². The van der Waals surface area contributed by atoms with Gasteiger partial charge in [-0.3, -0.25) is 0 Å². The molecule has 66 valence electrons. The van der Waals surface area contributed by atoms with Crippen LogP contribution in [0.15, 0.2) is 23.1 Å². The van der Waals surface area contributed by atoms with Gasteiger partial charge in [0, 0.05) is 4.90 Å². The Labute approximate surface area is 81.4 Å². The predicted molar refractivity (Wildman–Crippen MR) is 55.9 cm³/mol. The average Bonchev–Trinajstić information content (AvgIpc) is 2.02. The van der Waals surface area contributed by atoms with E-state index in [2.05, 4.69) is 22.6 Å². The quantitative estimate of drug-likeness (QED) is 0.624. The standard InChI is InChI=1S/C9H9N3S/c1-5-11-6-3-2-4-7(13)8(6)9(10)12-5/h2-4,13H,1H3,(H2,10,11,12). The fraction of sp³-hybridized carbons (Fsp3) is 0.111. The first-order valence-corrected chi connectivity index (χ1v) is 4.35. The van der Waals surface area contributed by atoms with Crippen LogP contribution in [0.2, 0.25) is 0 Å². The lowest BCUT2D eigenvalue weighted by atomic mass is 10.2. The van der Waals surface area contributed by atoms with Crippen LogP contribution in [-0.2, 0) is 0 Å². The van der Waals surface area contributed by atoms with Gasteiger partial charge in [-0.05, 0) is 19.1 Å². The van der Waals surface area contributed by atoms with Gasteiger partial charge in [-0.1, -0.05) is 6.07 Å². The molecule has 0 saturated heterocycles. The van der Waals surface area contributed by atoms with Crippen LogP contribution in [0.25, 0.3) is 10.9 Å². The van der Waals surface area contributed by atoms with Gasteiger partial charge < -0.3 is 5.73 Å². The highest BCUT2D eigenvalue weighted by atomic mass is 32.1. The van der Waals surface area contributed by atoms with Crippen molar-refractivity contribution in [2.45, 2.75) is 11.8 Å². The zero-order chi connectivity index (χ0) is 9.42. The van der Waals surface area contributed by atoms with E-state index >= 15 is 0 Å². The van der Waals surface area contributed by atoms with Crippen molar-refractivity contribution in [3.05, 3.63) is 24.0 Å². The molecule has 1 aromatic heterocycles. The number of thiol groups is 1. The van der Waals surface area contributed by atoms with Crippen LogP contribution in [0, 0.1) is 6.92 Å². The third-order valence-corrected chi connectivity index (χ3v) is 2.21. The van der Waals surface area contributed by atoms with Crippen LogP contribution >= 0.6 is 12.6 Å². The molecule has 3 nitrogen and oxygen atoms in total. The minimum absolute atomic E-state index is 0.494. The molecular formula is C9H9N3S. The lowest BCUT2D eigenvalue weighted by molar-refractivity contribution is 1.09. The first-order chi connectivity index (χ1) is 6.18. The fourth-order valence-corrected chi connectivity index (χ4v) is 1.63. The highest BCUT2D eigenvalue weighted by Crippen LogP contribution is 2.24. The summed E-state index contributed by atoms with van der Waals surface area (Å²) in [5, 5.41) is 0.830. The molecule has 0 aliphatic carbocycles. The minimum Gasteiger partial charge on any atom is -0.383 e. The molecule has 0 radical (unpaired) electrons. The summed E-state index contributed by atoms with van der Waals surface area (Å²) in [4.78, 5) is 9.15. The highest BCUT2D eigenvalue weighted by Gasteiger charge is 2.04. The van der Waals surface area contributed by atoms with Crippen LogP contribution < -0.4 is 5.73 Å². The van der Waals surface area contributed by atoms with Crippen LogP contribution in [0.3, 0.4) is 0 Å². The van der Waals surface area contributed by atoms with Gasteiger partial charge in [0.2, 0.25) is 0 Å². The van der Waals surface area contributed by atoms with E-state index in [0.29, 0.717) is 11.6 Å². The van der Waals surface area contributed by atoms with E-state index in [0.717, 1.165) is 15.8 Å². The Morgan fingerprint density at radius 2 is 2.08 bits per heavy atom. The largest absolute Gasteiger partial charge is 0.383 e. The monoisotopic (exact) mass is 191 g/mol. The Kier molecular flexibility index (Phi) is 1.84. The average molecular weight is 191 g/mol. The number of nitrogens with two attached hydrogens (primary N) is 1. The van der Waals surface area contributed by atoms with Gasteiger partial charge in [-0.25, -0.2) is 9.97 Å². The number of aryl methyl sites for hydroxylation is 1. The summed E-state index contributed by atoms with van der Waals surface area (Å²) in [6.07, 6.45) is 0. The number of hydrogen-bond acceptors (Lipinski definition) is 4. The normalized spacial score (nSPS) is 10.6. The second-order valence-corrected chi connectivity index (χ2v) is 3.31. The second kappa shape index (κ2) is 2.88. The molecular weight excluding hydrogens is 182 g/mol. The maximum absolute atomic E-state index is 5.76. The van der Waals surface area contributed by atoms with Crippen LogP contribution in [0.4, 0.5) is 5.82 Å². The Morgan fingerprint density at radius 1 is 1.31 bits per heavy atom. The number of aromatic nitrogens is 2. The third-order valence-electron chi connectivity index (χ3n) is 1.84. The first-order valence-electron chi connectivity index (χ1n) is 3.90. The molecule has 0 aliphatic heterocycles. The summed E-state index contributed by atoms with van der Waals surface area (Å²) in [6.45, 7) is 1.82. The van der Waals surface area contributed by atoms with E-state index in [1.54, 1.807) is 0 Å². The first kappa shape index (κ1) is 8.31. The number of benzene rings is 1. The zero-order valence-corrected chi connectivity index (χ0v) is 8.05. The zero-order valence-electron chi connectivity index (χ0n) is 7.15. The SMILES string of the molecule is Cc1nc(N)c2c(S)cccc2n1. The molecule has 0 amide bonds. The predicted octanol–water partition coefficient (Wildman–Crippen LogP) is 1.81. The molecule has 1 aromatic carbocycles.